The van der Waals surface area contributed by atoms with Crippen molar-refractivity contribution in [2.24, 2.45) is 0 Å². The van der Waals surface area contributed by atoms with Gasteiger partial charge in [0.15, 0.2) is 12.6 Å². The number of benzene rings is 1. The van der Waals surface area contributed by atoms with Crippen LogP contribution in [0.2, 0.25) is 0 Å². The van der Waals surface area contributed by atoms with Gasteiger partial charge in [0.2, 0.25) is 0 Å². The van der Waals surface area contributed by atoms with Gasteiger partial charge in [0.1, 0.15) is 17.9 Å². The lowest BCUT2D eigenvalue weighted by atomic mass is 10.2. The number of carbonyl (C=O) groups is 3. The summed E-state index contributed by atoms with van der Waals surface area (Å²) in [5.74, 6) is -1.92. The molecule has 164 valence electrons. The molecule has 0 fully saturated rings. The molecular formula is C20H34N2O7+2. The molecule has 0 aliphatic rings. The number of hydrogen-bond donors (Lipinski definition) is 2. The minimum atomic E-state index is -0.999. The quantitative estimate of drug-likeness (QED) is 0.461. The molecule has 0 aliphatic carbocycles. The normalized spacial score (nSPS) is 12.2. The zero-order valence-corrected chi connectivity index (χ0v) is 18.3. The molecule has 0 bridgehead atoms. The molecule has 2 N–H and O–H groups in total. The first-order chi connectivity index (χ1) is 13.1. The van der Waals surface area contributed by atoms with Crippen LogP contribution in [0.1, 0.15) is 16.8 Å². The SMILES string of the molecule is COc1ccccc1C(=O)O[C@H](CC(=O)O)C[N+](C)(C)C.C[N+](C)(C)CC(=O)O. The van der Waals surface area contributed by atoms with Gasteiger partial charge in [0, 0.05) is 0 Å². The highest BCUT2D eigenvalue weighted by Crippen LogP contribution is 2.19. The summed E-state index contributed by atoms with van der Waals surface area (Å²) in [5, 5.41) is 17.2. The van der Waals surface area contributed by atoms with Crippen LogP contribution in [0.25, 0.3) is 0 Å². The van der Waals surface area contributed by atoms with Crippen LogP contribution in [0.4, 0.5) is 0 Å². The van der Waals surface area contributed by atoms with Gasteiger partial charge in [0.25, 0.3) is 0 Å². The van der Waals surface area contributed by atoms with Crippen LogP contribution in [0, 0.1) is 0 Å². The second-order valence-corrected chi connectivity index (χ2v) is 8.64. The topological polar surface area (TPSA) is 110 Å². The van der Waals surface area contributed by atoms with E-state index in [0.717, 1.165) is 0 Å². The maximum atomic E-state index is 12.2. The second-order valence-electron chi connectivity index (χ2n) is 8.64. The fourth-order valence-corrected chi connectivity index (χ4v) is 2.38. The van der Waals surface area contributed by atoms with E-state index in [4.69, 9.17) is 19.7 Å². The number of nitrogens with zero attached hydrogens (tertiary/aromatic N) is 2. The first-order valence-corrected chi connectivity index (χ1v) is 9.03. The van der Waals surface area contributed by atoms with Gasteiger partial charge in [-0.1, -0.05) is 12.1 Å². The van der Waals surface area contributed by atoms with Crippen molar-refractivity contribution in [2.45, 2.75) is 12.5 Å². The molecule has 1 rings (SSSR count). The monoisotopic (exact) mass is 414 g/mol. The number of esters is 1. The summed E-state index contributed by atoms with van der Waals surface area (Å²) in [5.41, 5.74) is 0.289. The molecular weight excluding hydrogens is 380 g/mol. The molecule has 0 aliphatic heterocycles. The van der Waals surface area contributed by atoms with E-state index in [1.807, 2.05) is 42.3 Å². The van der Waals surface area contributed by atoms with Crippen LogP contribution in [-0.2, 0) is 14.3 Å². The molecule has 0 radical (unpaired) electrons. The van der Waals surface area contributed by atoms with Crippen molar-refractivity contribution in [2.75, 3.05) is 62.5 Å². The third-order valence-electron chi connectivity index (χ3n) is 3.36. The first-order valence-electron chi connectivity index (χ1n) is 9.03. The number of aliphatic carboxylic acids is 2. The molecule has 1 aromatic rings. The first kappa shape index (κ1) is 26.4. The number of hydrogen-bond acceptors (Lipinski definition) is 5. The van der Waals surface area contributed by atoms with Gasteiger partial charge in [-0.2, -0.15) is 0 Å². The molecule has 0 saturated heterocycles. The molecule has 1 atom stereocenters. The Morgan fingerprint density at radius 3 is 1.86 bits per heavy atom. The lowest BCUT2D eigenvalue weighted by Gasteiger charge is -2.28. The summed E-state index contributed by atoms with van der Waals surface area (Å²) in [6.07, 6.45) is -0.920. The average molecular weight is 414 g/mol. The predicted octanol–water partition coefficient (Wildman–Crippen LogP) is 1.18. The maximum Gasteiger partial charge on any atom is 0.359 e. The molecule has 29 heavy (non-hydrogen) atoms. The number of carbonyl (C=O) groups excluding carboxylic acids is 1. The smallest absolute Gasteiger partial charge is 0.359 e. The van der Waals surface area contributed by atoms with Gasteiger partial charge < -0.3 is 28.7 Å². The number of rotatable bonds is 9. The van der Waals surface area contributed by atoms with Crippen molar-refractivity contribution >= 4 is 17.9 Å². The predicted molar refractivity (Wildman–Crippen MR) is 108 cm³/mol. The zero-order valence-electron chi connectivity index (χ0n) is 18.3. The standard InChI is InChI=1S/C15H21NO5.C5H11NO2/c1-16(2,3)10-11(9-14(17)18)21-15(19)12-7-5-6-8-13(12)20-4;1-6(2,3)4-5(7)8/h5-8,11H,9-10H2,1-4H3;4H2,1-3H3/p+2/t11-;/m1./s1. The molecule has 0 heterocycles. The fraction of sp³-hybridized carbons (Fsp3) is 0.550. The fourth-order valence-electron chi connectivity index (χ4n) is 2.38. The zero-order chi connectivity index (χ0) is 22.8. The number of quaternary nitrogens is 2. The summed E-state index contributed by atoms with van der Waals surface area (Å²) >= 11 is 0. The summed E-state index contributed by atoms with van der Waals surface area (Å²) < 4.78 is 11.4. The number of carboxylic acids is 2. The number of likely N-dealkylation sites (N-methyl/N-ethyl adjacent to an activating group) is 2. The lowest BCUT2D eigenvalue weighted by molar-refractivity contribution is -0.873. The van der Waals surface area contributed by atoms with E-state index in [1.165, 1.54) is 7.11 Å². The molecule has 9 nitrogen and oxygen atoms in total. The van der Waals surface area contributed by atoms with Crippen LogP contribution in [0.5, 0.6) is 5.75 Å². The van der Waals surface area contributed by atoms with E-state index in [2.05, 4.69) is 0 Å². The Hall–Kier alpha value is -2.65. The Labute approximate surface area is 172 Å². The van der Waals surface area contributed by atoms with E-state index in [9.17, 15) is 14.4 Å². The van der Waals surface area contributed by atoms with Crippen LogP contribution in [0.3, 0.4) is 0 Å². The number of ether oxygens (including phenoxy) is 2. The highest BCUT2D eigenvalue weighted by atomic mass is 16.5. The van der Waals surface area contributed by atoms with Crippen molar-refractivity contribution < 1.29 is 43.0 Å². The van der Waals surface area contributed by atoms with E-state index < -0.39 is 24.0 Å². The molecule has 0 unspecified atom stereocenters. The lowest BCUT2D eigenvalue weighted by Crippen LogP contribution is -2.43. The third kappa shape index (κ3) is 13.2. The van der Waals surface area contributed by atoms with Gasteiger partial charge in [-0.15, -0.1) is 0 Å². The summed E-state index contributed by atoms with van der Waals surface area (Å²) in [4.78, 5) is 33.1. The van der Waals surface area contributed by atoms with E-state index in [-0.39, 0.29) is 18.5 Å². The van der Waals surface area contributed by atoms with Gasteiger partial charge in [0.05, 0.1) is 55.8 Å². The third-order valence-corrected chi connectivity index (χ3v) is 3.36. The van der Waals surface area contributed by atoms with Crippen molar-refractivity contribution in [3.8, 4) is 5.75 Å². The van der Waals surface area contributed by atoms with Crippen molar-refractivity contribution in [3.63, 3.8) is 0 Å². The number of carboxylic acid groups (broad SMARTS) is 2. The van der Waals surface area contributed by atoms with Crippen LogP contribution < -0.4 is 4.74 Å². The molecule has 0 amide bonds. The number of para-hydroxylation sites is 1. The Morgan fingerprint density at radius 2 is 1.48 bits per heavy atom. The molecule has 0 spiro atoms. The largest absolute Gasteiger partial charge is 0.496 e. The Balaban J connectivity index is 0.000000828. The highest BCUT2D eigenvalue weighted by molar-refractivity contribution is 5.92. The maximum absolute atomic E-state index is 12.2. The minimum absolute atomic E-state index is 0.181. The van der Waals surface area contributed by atoms with Crippen LogP contribution >= 0.6 is 0 Å². The van der Waals surface area contributed by atoms with E-state index >= 15 is 0 Å². The number of methoxy groups -OCH3 is 1. The van der Waals surface area contributed by atoms with Crippen LogP contribution in [0.15, 0.2) is 24.3 Å². The Kier molecular flexibility index (Phi) is 10.3. The van der Waals surface area contributed by atoms with Gasteiger partial charge in [-0.05, 0) is 12.1 Å². The summed E-state index contributed by atoms with van der Waals surface area (Å²) in [6, 6.07) is 6.69. The van der Waals surface area contributed by atoms with Crippen molar-refractivity contribution in [1.29, 1.82) is 0 Å². The second kappa shape index (κ2) is 11.4. The molecule has 1 aromatic carbocycles. The van der Waals surface area contributed by atoms with Crippen molar-refractivity contribution in [1.82, 2.24) is 0 Å². The van der Waals surface area contributed by atoms with Crippen LogP contribution in [-0.4, -0.2) is 106 Å². The minimum Gasteiger partial charge on any atom is -0.496 e. The van der Waals surface area contributed by atoms with Crippen molar-refractivity contribution in [3.05, 3.63) is 29.8 Å². The molecule has 0 saturated carbocycles. The van der Waals surface area contributed by atoms with Gasteiger partial charge in [-0.3, -0.25) is 4.79 Å². The molecule has 0 aromatic heterocycles. The Morgan fingerprint density at radius 1 is 0.931 bits per heavy atom. The van der Waals surface area contributed by atoms with E-state index in [0.29, 0.717) is 21.3 Å². The van der Waals surface area contributed by atoms with E-state index in [1.54, 1.807) is 24.3 Å². The molecule has 9 heteroatoms. The average Bonchev–Trinajstić information content (AvgIpc) is 2.50. The highest BCUT2D eigenvalue weighted by Gasteiger charge is 2.26. The van der Waals surface area contributed by atoms with Gasteiger partial charge in [-0.25, -0.2) is 9.59 Å². The Bertz CT molecular complexity index is 691. The van der Waals surface area contributed by atoms with Gasteiger partial charge >= 0.3 is 17.9 Å². The summed E-state index contributed by atoms with van der Waals surface area (Å²) in [6.45, 7) is 0.590. The summed E-state index contributed by atoms with van der Waals surface area (Å²) in [7, 11) is 12.7.